The maximum Gasteiger partial charge on any atom is 0.253 e. The summed E-state index contributed by atoms with van der Waals surface area (Å²) in [5.41, 5.74) is 1.54. The fourth-order valence-corrected chi connectivity index (χ4v) is 6.22. The molecule has 0 aliphatic carbocycles. The second-order valence-electron chi connectivity index (χ2n) is 12.8. The smallest absolute Gasteiger partial charge is 0.253 e. The van der Waals surface area contributed by atoms with E-state index in [1.807, 2.05) is 80.8 Å². The molecule has 12 nitrogen and oxygen atoms in total. The lowest BCUT2D eigenvalue weighted by Crippen LogP contribution is -2.60. The Balaban J connectivity index is 1.71. The van der Waals surface area contributed by atoms with Gasteiger partial charge < -0.3 is 31.5 Å². The van der Waals surface area contributed by atoms with Crippen molar-refractivity contribution < 1.29 is 28.8 Å². The van der Waals surface area contributed by atoms with E-state index in [-0.39, 0.29) is 25.2 Å². The number of benzene rings is 2. The number of hydrogen-bond acceptors (Lipinski definition) is 7. The number of carbonyl (C=O) groups excluding carboxylic acids is 6. The molecule has 2 aromatic rings. The highest BCUT2D eigenvalue weighted by Gasteiger charge is 2.39. The van der Waals surface area contributed by atoms with E-state index in [4.69, 9.17) is 0 Å². The molecule has 0 aromatic heterocycles. The third-order valence-corrected chi connectivity index (χ3v) is 9.06. The number of amides is 6. The predicted molar refractivity (Wildman–Crippen MR) is 188 cm³/mol. The molecule has 13 heteroatoms. The summed E-state index contributed by atoms with van der Waals surface area (Å²) in [5.74, 6) is -2.84. The second-order valence-corrected chi connectivity index (χ2v) is 13.8. The molecule has 1 saturated heterocycles. The van der Waals surface area contributed by atoms with Crippen molar-refractivity contribution in [3.8, 4) is 0 Å². The van der Waals surface area contributed by atoms with Gasteiger partial charge in [0.05, 0.1) is 0 Å². The first-order valence-corrected chi connectivity index (χ1v) is 17.9. The summed E-state index contributed by atoms with van der Waals surface area (Å²) >= 11 is 1.50. The number of thioether (sulfide) groups is 1. The molecular formula is C36H46N6O6S. The van der Waals surface area contributed by atoms with Crippen molar-refractivity contribution in [2.75, 3.05) is 12.0 Å². The van der Waals surface area contributed by atoms with E-state index >= 15 is 0 Å². The molecule has 49 heavy (non-hydrogen) atoms. The Hall–Kier alpha value is -4.65. The molecule has 5 N–H and O–H groups in total. The standard InChI is InChI=1S/C36H46N6O6S/c1-22(2)19-30-35(47)38-26(16-18-49-4)32(44)37-23(3)31(43)40-28(20-24-11-7-5-8-12-24)34(46)41-29(21-25-13-9-6-10-14-25)33(45)39-27-15-17-42(30)36(27)48/h5-15,17,22-23,26-30H,16,18-21H2,1-4H3,(H,37,44)(H,38,47)(H,39,45)(H,40,43)(H,41,46)/t23-,26+,27-,28+,29+,30+/m1/s1. The third-order valence-electron chi connectivity index (χ3n) is 8.42. The van der Waals surface area contributed by atoms with E-state index in [0.717, 1.165) is 11.1 Å². The van der Waals surface area contributed by atoms with E-state index in [2.05, 4.69) is 26.6 Å². The predicted octanol–water partition coefficient (Wildman–Crippen LogP) is 1.45. The van der Waals surface area contributed by atoms with Gasteiger partial charge in [0.2, 0.25) is 29.5 Å². The first-order valence-electron chi connectivity index (χ1n) is 16.6. The summed E-state index contributed by atoms with van der Waals surface area (Å²) < 4.78 is 0. The molecule has 6 amide bonds. The van der Waals surface area contributed by atoms with Gasteiger partial charge in [-0.3, -0.25) is 28.8 Å². The Kier molecular flexibility index (Phi) is 13.4. The lowest BCUT2D eigenvalue weighted by molar-refractivity contribution is -0.140. The lowest BCUT2D eigenvalue weighted by atomic mass is 10.0. The molecule has 2 aliphatic heterocycles. The fourth-order valence-electron chi connectivity index (χ4n) is 5.75. The minimum atomic E-state index is -1.11. The maximum absolute atomic E-state index is 13.9. The van der Waals surface area contributed by atoms with Crippen LogP contribution in [-0.4, -0.2) is 88.6 Å². The summed E-state index contributed by atoms with van der Waals surface area (Å²) in [5, 5.41) is 13.8. The van der Waals surface area contributed by atoms with Gasteiger partial charge in [-0.05, 0) is 54.9 Å². The topological polar surface area (TPSA) is 166 Å². The number of nitrogens with zero attached hydrogens (tertiary/aromatic N) is 1. The lowest BCUT2D eigenvalue weighted by Gasteiger charge is -2.30. The normalized spacial score (nSPS) is 25.5. The first kappa shape index (κ1) is 37.2. The van der Waals surface area contributed by atoms with Crippen LogP contribution in [0.4, 0.5) is 0 Å². The number of nitrogens with one attached hydrogen (secondary N) is 5. The Morgan fingerprint density at radius 2 is 1.18 bits per heavy atom. The van der Waals surface area contributed by atoms with Crippen LogP contribution in [0.15, 0.2) is 72.9 Å². The Morgan fingerprint density at radius 3 is 1.73 bits per heavy atom. The van der Waals surface area contributed by atoms with Crippen molar-refractivity contribution >= 4 is 47.2 Å². The molecule has 4 rings (SSSR count). The van der Waals surface area contributed by atoms with Gasteiger partial charge in [-0.2, -0.15) is 11.8 Å². The third kappa shape index (κ3) is 10.4. The summed E-state index contributed by atoms with van der Waals surface area (Å²) in [6.45, 7) is 5.34. The summed E-state index contributed by atoms with van der Waals surface area (Å²) in [6.07, 6.45) is 5.68. The highest BCUT2D eigenvalue weighted by atomic mass is 32.2. The second kappa shape index (κ2) is 17.7. The van der Waals surface area contributed by atoms with E-state index < -0.39 is 71.7 Å². The molecule has 0 unspecified atom stereocenters. The molecule has 2 heterocycles. The largest absolute Gasteiger partial charge is 0.343 e. The van der Waals surface area contributed by atoms with Crippen LogP contribution in [0.1, 0.15) is 44.7 Å². The van der Waals surface area contributed by atoms with Crippen molar-refractivity contribution in [3.05, 3.63) is 84.1 Å². The number of hydrogen-bond donors (Lipinski definition) is 5. The minimum Gasteiger partial charge on any atom is -0.343 e. The van der Waals surface area contributed by atoms with Crippen molar-refractivity contribution in [2.45, 2.75) is 82.7 Å². The number of fused-ring (bicyclic) bond motifs is 2. The Morgan fingerprint density at radius 1 is 0.673 bits per heavy atom. The summed E-state index contributed by atoms with van der Waals surface area (Å²) in [4.78, 5) is 83.5. The average Bonchev–Trinajstić information content (AvgIpc) is 3.43. The first-order chi connectivity index (χ1) is 23.5. The molecule has 0 saturated carbocycles. The van der Waals surface area contributed by atoms with Gasteiger partial charge in [0, 0.05) is 19.0 Å². The monoisotopic (exact) mass is 690 g/mol. The van der Waals surface area contributed by atoms with Crippen LogP contribution in [-0.2, 0) is 41.6 Å². The van der Waals surface area contributed by atoms with Crippen LogP contribution in [0.3, 0.4) is 0 Å². The van der Waals surface area contributed by atoms with Gasteiger partial charge in [-0.25, -0.2) is 0 Å². The number of rotatable bonds is 9. The summed E-state index contributed by atoms with van der Waals surface area (Å²) in [6, 6.07) is 11.9. The van der Waals surface area contributed by atoms with Crippen molar-refractivity contribution in [2.24, 2.45) is 5.92 Å². The zero-order valence-corrected chi connectivity index (χ0v) is 29.1. The van der Waals surface area contributed by atoms with Gasteiger partial charge >= 0.3 is 0 Å². The molecule has 262 valence electrons. The van der Waals surface area contributed by atoms with E-state index in [1.165, 1.54) is 35.9 Å². The van der Waals surface area contributed by atoms with Crippen molar-refractivity contribution in [1.29, 1.82) is 0 Å². The van der Waals surface area contributed by atoms with E-state index in [1.54, 1.807) is 0 Å². The Labute approximate surface area is 291 Å². The van der Waals surface area contributed by atoms with Crippen LogP contribution in [0.2, 0.25) is 0 Å². The van der Waals surface area contributed by atoms with Gasteiger partial charge in [-0.1, -0.05) is 74.5 Å². The van der Waals surface area contributed by atoms with E-state index in [0.29, 0.717) is 12.2 Å². The highest BCUT2D eigenvalue weighted by Crippen LogP contribution is 2.20. The van der Waals surface area contributed by atoms with Crippen LogP contribution < -0.4 is 26.6 Å². The van der Waals surface area contributed by atoms with Crippen molar-refractivity contribution in [1.82, 2.24) is 31.5 Å². The quantitative estimate of drug-likeness (QED) is 0.266. The fraction of sp³-hybridized carbons (Fsp3) is 0.444. The number of carbonyl (C=O) groups is 6. The zero-order chi connectivity index (χ0) is 35.5. The van der Waals surface area contributed by atoms with Crippen LogP contribution >= 0.6 is 11.8 Å². The molecule has 0 radical (unpaired) electrons. The van der Waals surface area contributed by atoms with Crippen LogP contribution in [0.5, 0.6) is 0 Å². The van der Waals surface area contributed by atoms with Crippen LogP contribution in [0, 0.1) is 5.92 Å². The SMILES string of the molecule is CSCC[C@@H]1NC(=O)[C@H](CC(C)C)N2C=C[C@@H](NC(=O)[C@H](Cc3ccccc3)NC(=O)[C@H](Cc3ccccc3)NC(=O)[C@@H](C)NC1=O)C2=O. The minimum absolute atomic E-state index is 0.0138. The van der Waals surface area contributed by atoms with Gasteiger partial charge in [-0.15, -0.1) is 0 Å². The average molecular weight is 691 g/mol. The molecule has 2 aromatic carbocycles. The summed E-state index contributed by atoms with van der Waals surface area (Å²) in [7, 11) is 0. The highest BCUT2D eigenvalue weighted by molar-refractivity contribution is 7.98. The molecule has 2 bridgehead atoms. The van der Waals surface area contributed by atoms with Gasteiger partial charge in [0.15, 0.2) is 0 Å². The molecule has 6 atom stereocenters. The molecule has 2 aliphatic rings. The molecule has 0 spiro atoms. The van der Waals surface area contributed by atoms with E-state index in [9.17, 15) is 28.8 Å². The zero-order valence-electron chi connectivity index (χ0n) is 28.3. The molecular weight excluding hydrogens is 644 g/mol. The maximum atomic E-state index is 13.9. The van der Waals surface area contributed by atoms with Gasteiger partial charge in [0.25, 0.3) is 5.91 Å². The van der Waals surface area contributed by atoms with Crippen molar-refractivity contribution in [3.63, 3.8) is 0 Å². The molecule has 1 fully saturated rings. The van der Waals surface area contributed by atoms with Crippen LogP contribution in [0.25, 0.3) is 0 Å². The Bertz CT molecular complexity index is 1520. The van der Waals surface area contributed by atoms with Gasteiger partial charge in [0.1, 0.15) is 36.3 Å².